The van der Waals surface area contributed by atoms with E-state index in [1.165, 1.54) is 71.6 Å². The molecule has 0 atom stereocenters. The standard InChI is InChI=1S/C54H34N2/c1-3-13-38(14-4-1)50-34-51(39-15-5-2-6-16-39)56-54(55-50)41-28-24-37(25-29-41)44-31-30-35-12-7-8-17-43(35)52(44)40-26-22-36(23-27-40)42-32-33-49-46-19-10-9-18-45(46)48-21-11-20-47(42)53(48)49/h1-34H. The molecule has 0 spiro atoms. The van der Waals surface area contributed by atoms with E-state index in [-0.39, 0.29) is 0 Å². The van der Waals surface area contributed by atoms with Crippen LogP contribution in [0.2, 0.25) is 0 Å². The Labute approximate surface area is 326 Å². The van der Waals surface area contributed by atoms with E-state index < -0.39 is 0 Å². The van der Waals surface area contributed by atoms with E-state index in [0.29, 0.717) is 5.82 Å². The van der Waals surface area contributed by atoms with Crippen LogP contribution >= 0.6 is 0 Å². The zero-order valence-corrected chi connectivity index (χ0v) is 30.5. The monoisotopic (exact) mass is 710 g/mol. The molecule has 2 nitrogen and oxygen atoms in total. The van der Waals surface area contributed by atoms with Gasteiger partial charge in [0, 0.05) is 16.7 Å². The third-order valence-corrected chi connectivity index (χ3v) is 11.3. The topological polar surface area (TPSA) is 25.8 Å². The molecular formula is C54H34N2. The van der Waals surface area contributed by atoms with Gasteiger partial charge in [0.15, 0.2) is 5.82 Å². The second kappa shape index (κ2) is 13.2. The molecule has 1 heterocycles. The van der Waals surface area contributed by atoms with Crippen LogP contribution < -0.4 is 0 Å². The van der Waals surface area contributed by atoms with Crippen molar-refractivity contribution < 1.29 is 0 Å². The van der Waals surface area contributed by atoms with Crippen LogP contribution in [0.15, 0.2) is 206 Å². The maximum atomic E-state index is 5.07. The Kier molecular flexibility index (Phi) is 7.53. The zero-order chi connectivity index (χ0) is 37.0. The Morgan fingerprint density at radius 3 is 1.43 bits per heavy atom. The smallest absolute Gasteiger partial charge is 0.160 e. The van der Waals surface area contributed by atoms with E-state index in [1.807, 2.05) is 12.1 Å². The SMILES string of the molecule is c1ccc(-c2cc(-c3ccccc3)nc(-c3ccc(-c4ccc5ccccc5c4-c4ccc(-c5ccc6c7c(cccc57)-c5ccccc5-6)cc4)cc3)n2)cc1. The van der Waals surface area contributed by atoms with Crippen LogP contribution in [-0.2, 0) is 0 Å². The molecule has 0 N–H and O–H groups in total. The Balaban J connectivity index is 0.991. The van der Waals surface area contributed by atoms with Gasteiger partial charge in [0.2, 0.25) is 0 Å². The van der Waals surface area contributed by atoms with E-state index in [1.54, 1.807) is 0 Å². The molecule has 260 valence electrons. The number of hydrogen-bond donors (Lipinski definition) is 0. The first-order valence-corrected chi connectivity index (χ1v) is 19.2. The molecule has 1 aliphatic carbocycles. The van der Waals surface area contributed by atoms with Gasteiger partial charge in [-0.1, -0.05) is 200 Å². The molecule has 0 saturated carbocycles. The van der Waals surface area contributed by atoms with Gasteiger partial charge in [0.1, 0.15) is 0 Å². The molecule has 0 radical (unpaired) electrons. The van der Waals surface area contributed by atoms with Gasteiger partial charge >= 0.3 is 0 Å². The third kappa shape index (κ3) is 5.34. The first-order valence-electron chi connectivity index (χ1n) is 19.2. The van der Waals surface area contributed by atoms with Crippen molar-refractivity contribution in [1.82, 2.24) is 9.97 Å². The van der Waals surface area contributed by atoms with Crippen LogP contribution in [0.4, 0.5) is 0 Å². The summed E-state index contributed by atoms with van der Waals surface area (Å²) in [6.45, 7) is 0. The zero-order valence-electron chi connectivity index (χ0n) is 30.5. The molecule has 2 heteroatoms. The number of benzene rings is 9. The lowest BCUT2D eigenvalue weighted by molar-refractivity contribution is 1.18. The van der Waals surface area contributed by atoms with Crippen LogP contribution in [0.1, 0.15) is 0 Å². The van der Waals surface area contributed by atoms with Gasteiger partial charge < -0.3 is 0 Å². The quantitative estimate of drug-likeness (QED) is 0.172. The average molecular weight is 711 g/mol. The summed E-state index contributed by atoms with van der Waals surface area (Å²) in [4.78, 5) is 10.1. The van der Waals surface area contributed by atoms with Gasteiger partial charge in [-0.15, -0.1) is 0 Å². The Morgan fingerprint density at radius 1 is 0.268 bits per heavy atom. The van der Waals surface area contributed by atoms with E-state index in [4.69, 9.17) is 9.97 Å². The van der Waals surface area contributed by atoms with Crippen molar-refractivity contribution in [3.05, 3.63) is 206 Å². The van der Waals surface area contributed by atoms with Crippen molar-refractivity contribution >= 4 is 21.5 Å². The van der Waals surface area contributed by atoms with Gasteiger partial charge in [-0.25, -0.2) is 9.97 Å². The summed E-state index contributed by atoms with van der Waals surface area (Å²) in [5, 5.41) is 5.10. The summed E-state index contributed by atoms with van der Waals surface area (Å²) in [6, 6.07) is 74.0. The minimum Gasteiger partial charge on any atom is -0.228 e. The molecular weight excluding hydrogens is 677 g/mol. The summed E-state index contributed by atoms with van der Waals surface area (Å²) >= 11 is 0. The van der Waals surface area contributed by atoms with Crippen LogP contribution in [0.3, 0.4) is 0 Å². The number of aromatic nitrogens is 2. The second-order valence-electron chi connectivity index (χ2n) is 14.5. The molecule has 0 aliphatic heterocycles. The predicted molar refractivity (Wildman–Crippen MR) is 234 cm³/mol. The number of hydrogen-bond acceptors (Lipinski definition) is 2. The average Bonchev–Trinajstić information content (AvgIpc) is 3.61. The van der Waals surface area contributed by atoms with Gasteiger partial charge in [-0.2, -0.15) is 0 Å². The largest absolute Gasteiger partial charge is 0.228 e. The van der Waals surface area contributed by atoms with Crippen molar-refractivity contribution in [1.29, 1.82) is 0 Å². The number of nitrogens with zero attached hydrogens (tertiary/aromatic N) is 2. The number of fused-ring (bicyclic) bond motifs is 4. The summed E-state index contributed by atoms with van der Waals surface area (Å²) in [7, 11) is 0. The normalized spacial score (nSPS) is 11.6. The molecule has 0 saturated heterocycles. The lowest BCUT2D eigenvalue weighted by Gasteiger charge is -2.16. The predicted octanol–water partition coefficient (Wildman–Crippen LogP) is 14.4. The highest BCUT2D eigenvalue weighted by molar-refractivity contribution is 6.18. The number of rotatable bonds is 6. The van der Waals surface area contributed by atoms with Crippen LogP contribution in [0.5, 0.6) is 0 Å². The first-order chi connectivity index (χ1) is 27.8. The highest BCUT2D eigenvalue weighted by atomic mass is 14.9. The summed E-state index contributed by atoms with van der Waals surface area (Å²) in [5.41, 5.74) is 17.4. The van der Waals surface area contributed by atoms with Gasteiger partial charge in [-0.05, 0) is 83.2 Å². The molecule has 1 aromatic heterocycles. The van der Waals surface area contributed by atoms with Gasteiger partial charge in [-0.3, -0.25) is 0 Å². The fourth-order valence-corrected chi connectivity index (χ4v) is 8.59. The fraction of sp³-hybridized carbons (Fsp3) is 0. The van der Waals surface area contributed by atoms with Gasteiger partial charge in [0.05, 0.1) is 11.4 Å². The van der Waals surface area contributed by atoms with Crippen LogP contribution in [-0.4, -0.2) is 9.97 Å². The third-order valence-electron chi connectivity index (χ3n) is 11.3. The van der Waals surface area contributed by atoms with Crippen molar-refractivity contribution in [2.75, 3.05) is 0 Å². The Morgan fingerprint density at radius 2 is 0.750 bits per heavy atom. The minimum absolute atomic E-state index is 0.706. The van der Waals surface area contributed by atoms with Crippen molar-refractivity contribution in [2.45, 2.75) is 0 Å². The van der Waals surface area contributed by atoms with Crippen LogP contribution in [0.25, 0.3) is 111 Å². The molecule has 1 aliphatic rings. The summed E-state index contributed by atoms with van der Waals surface area (Å²) < 4.78 is 0. The fourth-order valence-electron chi connectivity index (χ4n) is 8.59. The lowest BCUT2D eigenvalue weighted by Crippen LogP contribution is -1.96. The van der Waals surface area contributed by atoms with E-state index in [0.717, 1.165) is 33.6 Å². The highest BCUT2D eigenvalue weighted by Crippen LogP contribution is 2.49. The van der Waals surface area contributed by atoms with Crippen LogP contribution in [0, 0.1) is 0 Å². The molecule has 0 bridgehead atoms. The van der Waals surface area contributed by atoms with Gasteiger partial charge in [0.25, 0.3) is 0 Å². The van der Waals surface area contributed by atoms with E-state index in [2.05, 4.69) is 194 Å². The molecule has 56 heavy (non-hydrogen) atoms. The molecule has 11 rings (SSSR count). The molecule has 0 amide bonds. The lowest BCUT2D eigenvalue weighted by atomic mass is 9.88. The maximum absolute atomic E-state index is 5.07. The molecule has 0 fully saturated rings. The van der Waals surface area contributed by atoms with Crippen molar-refractivity contribution in [2.24, 2.45) is 0 Å². The molecule has 0 unspecified atom stereocenters. The minimum atomic E-state index is 0.706. The van der Waals surface area contributed by atoms with Crippen molar-refractivity contribution in [3.8, 4) is 89.5 Å². The Bertz CT molecular complexity index is 3010. The Hall–Kier alpha value is -7.42. The highest BCUT2D eigenvalue weighted by Gasteiger charge is 2.22. The van der Waals surface area contributed by atoms with E-state index >= 15 is 0 Å². The molecule has 9 aromatic carbocycles. The van der Waals surface area contributed by atoms with Crippen molar-refractivity contribution in [3.63, 3.8) is 0 Å². The molecule has 10 aromatic rings. The maximum Gasteiger partial charge on any atom is 0.160 e. The first kappa shape index (κ1) is 32.0. The van der Waals surface area contributed by atoms with E-state index in [9.17, 15) is 0 Å². The summed E-state index contributed by atoms with van der Waals surface area (Å²) in [6.07, 6.45) is 0. The summed E-state index contributed by atoms with van der Waals surface area (Å²) in [5.74, 6) is 0.706. The second-order valence-corrected chi connectivity index (χ2v) is 14.5.